The highest BCUT2D eigenvalue weighted by Crippen LogP contribution is 2.22. The van der Waals surface area contributed by atoms with E-state index in [0.717, 1.165) is 23.7 Å². The summed E-state index contributed by atoms with van der Waals surface area (Å²) < 4.78 is 5.67. The molecule has 3 heteroatoms. The first-order chi connectivity index (χ1) is 9.15. The molecule has 0 bridgehead atoms. The first kappa shape index (κ1) is 13.4. The van der Waals surface area contributed by atoms with Crippen LogP contribution in [0.3, 0.4) is 0 Å². The second-order valence-electron chi connectivity index (χ2n) is 4.82. The minimum atomic E-state index is 0.201. The number of pyridine rings is 1. The Morgan fingerprint density at radius 2 is 2.05 bits per heavy atom. The first-order valence-corrected chi connectivity index (χ1v) is 6.56. The highest BCUT2D eigenvalue weighted by Gasteiger charge is 2.02. The van der Waals surface area contributed by atoms with E-state index in [9.17, 15) is 0 Å². The molecule has 0 saturated heterocycles. The number of nitrogens with one attached hydrogen (secondary N) is 1. The van der Waals surface area contributed by atoms with E-state index in [0.29, 0.717) is 0 Å². The maximum absolute atomic E-state index is 5.67. The largest absolute Gasteiger partial charge is 0.491 e. The van der Waals surface area contributed by atoms with E-state index >= 15 is 0 Å². The van der Waals surface area contributed by atoms with Gasteiger partial charge in [0.15, 0.2) is 0 Å². The molecule has 0 radical (unpaired) electrons. The average Bonchev–Trinajstić information content (AvgIpc) is 2.38. The molecule has 2 rings (SSSR count). The van der Waals surface area contributed by atoms with Crippen LogP contribution in [0.1, 0.15) is 25.1 Å². The molecule has 0 atom stereocenters. The fourth-order valence-corrected chi connectivity index (χ4v) is 1.87. The lowest BCUT2D eigenvalue weighted by Gasteiger charge is -2.13. The number of nitrogens with zero attached hydrogens (tertiary/aromatic N) is 1. The Morgan fingerprint density at radius 1 is 1.21 bits per heavy atom. The Morgan fingerprint density at radius 3 is 2.68 bits per heavy atom. The molecule has 0 aliphatic rings. The molecular formula is C16H20N2O. The number of aromatic nitrogens is 1. The van der Waals surface area contributed by atoms with Gasteiger partial charge in [0.25, 0.3) is 0 Å². The van der Waals surface area contributed by atoms with Gasteiger partial charge in [0, 0.05) is 11.9 Å². The summed E-state index contributed by atoms with van der Waals surface area (Å²) in [7, 11) is 0. The van der Waals surface area contributed by atoms with Gasteiger partial charge < -0.3 is 10.1 Å². The molecule has 100 valence electrons. The number of anilines is 1. The molecule has 1 aromatic heterocycles. The van der Waals surface area contributed by atoms with Crippen molar-refractivity contribution in [3.63, 3.8) is 0 Å². The third kappa shape index (κ3) is 3.98. The third-order valence-electron chi connectivity index (χ3n) is 2.76. The van der Waals surface area contributed by atoms with Crippen molar-refractivity contribution in [2.24, 2.45) is 0 Å². The summed E-state index contributed by atoms with van der Waals surface area (Å²) in [6, 6.07) is 12.0. The third-order valence-corrected chi connectivity index (χ3v) is 2.76. The van der Waals surface area contributed by atoms with Crippen molar-refractivity contribution in [3.05, 3.63) is 53.9 Å². The lowest BCUT2D eigenvalue weighted by molar-refractivity contribution is 0.242. The summed E-state index contributed by atoms with van der Waals surface area (Å²) in [6.07, 6.45) is 2.01. The zero-order valence-corrected chi connectivity index (χ0v) is 11.7. The number of rotatable bonds is 5. The van der Waals surface area contributed by atoms with Crippen LogP contribution >= 0.6 is 0 Å². The molecule has 19 heavy (non-hydrogen) atoms. The second kappa shape index (κ2) is 6.23. The van der Waals surface area contributed by atoms with Crippen molar-refractivity contribution in [2.45, 2.75) is 33.4 Å². The predicted molar refractivity (Wildman–Crippen MR) is 78.5 cm³/mol. The summed E-state index contributed by atoms with van der Waals surface area (Å²) in [5.74, 6) is 0.913. The van der Waals surface area contributed by atoms with Crippen LogP contribution in [0.4, 0.5) is 5.69 Å². The predicted octanol–water partition coefficient (Wildman–Crippen LogP) is 3.79. The van der Waals surface area contributed by atoms with Crippen LogP contribution in [-0.2, 0) is 6.54 Å². The van der Waals surface area contributed by atoms with Crippen LogP contribution in [0.2, 0.25) is 0 Å². The summed E-state index contributed by atoms with van der Waals surface area (Å²) in [5.41, 5.74) is 3.32. The average molecular weight is 256 g/mol. The van der Waals surface area contributed by atoms with Gasteiger partial charge in [-0.2, -0.15) is 0 Å². The Bertz CT molecular complexity index is 524. The molecule has 0 saturated carbocycles. The van der Waals surface area contributed by atoms with Gasteiger partial charge in [-0.3, -0.25) is 4.98 Å². The minimum Gasteiger partial charge on any atom is -0.491 e. The lowest BCUT2D eigenvalue weighted by atomic mass is 10.2. The summed E-state index contributed by atoms with van der Waals surface area (Å²) in [4.78, 5) is 4.29. The van der Waals surface area contributed by atoms with Crippen LogP contribution in [-0.4, -0.2) is 11.1 Å². The van der Waals surface area contributed by atoms with Gasteiger partial charge in [-0.25, -0.2) is 0 Å². The van der Waals surface area contributed by atoms with Gasteiger partial charge in [0.05, 0.1) is 18.3 Å². The van der Waals surface area contributed by atoms with Crippen LogP contribution in [0.5, 0.6) is 5.75 Å². The van der Waals surface area contributed by atoms with Crippen molar-refractivity contribution in [2.75, 3.05) is 5.32 Å². The topological polar surface area (TPSA) is 34.1 Å². The Labute approximate surface area is 114 Å². The van der Waals surface area contributed by atoms with Gasteiger partial charge in [-0.15, -0.1) is 0 Å². The van der Waals surface area contributed by atoms with Crippen molar-refractivity contribution in [1.29, 1.82) is 0 Å². The fourth-order valence-electron chi connectivity index (χ4n) is 1.87. The molecular weight excluding hydrogens is 236 g/mol. The van der Waals surface area contributed by atoms with Gasteiger partial charge in [-0.05, 0) is 56.7 Å². The molecule has 1 N–H and O–H groups in total. The zero-order chi connectivity index (χ0) is 13.7. The second-order valence-corrected chi connectivity index (χ2v) is 4.82. The SMILES string of the molecule is Cc1cc(OC(C)C)ccc1NCc1ccccn1. The molecule has 2 aromatic rings. The van der Waals surface area contributed by atoms with Crippen molar-refractivity contribution < 1.29 is 4.74 Å². The van der Waals surface area contributed by atoms with Crippen molar-refractivity contribution in [1.82, 2.24) is 4.98 Å². The van der Waals surface area contributed by atoms with Crippen molar-refractivity contribution in [3.8, 4) is 5.75 Å². The molecule has 0 aliphatic carbocycles. The molecule has 1 heterocycles. The van der Waals surface area contributed by atoms with Crippen LogP contribution in [0, 0.1) is 6.92 Å². The molecule has 0 aliphatic heterocycles. The van der Waals surface area contributed by atoms with Crippen LogP contribution in [0.25, 0.3) is 0 Å². The summed E-state index contributed by atoms with van der Waals surface area (Å²) in [6.45, 7) is 6.87. The number of aryl methyl sites for hydroxylation is 1. The van der Waals surface area contributed by atoms with Crippen LogP contribution < -0.4 is 10.1 Å². The van der Waals surface area contributed by atoms with Gasteiger partial charge in [-0.1, -0.05) is 6.07 Å². The number of benzene rings is 1. The maximum Gasteiger partial charge on any atom is 0.120 e. The zero-order valence-electron chi connectivity index (χ0n) is 11.7. The maximum atomic E-state index is 5.67. The van der Waals surface area contributed by atoms with E-state index in [-0.39, 0.29) is 6.10 Å². The Balaban J connectivity index is 2.01. The van der Waals surface area contributed by atoms with Gasteiger partial charge in [0.1, 0.15) is 5.75 Å². The molecule has 0 amide bonds. The van der Waals surface area contributed by atoms with E-state index in [1.165, 1.54) is 5.56 Å². The molecule has 0 spiro atoms. The molecule has 3 nitrogen and oxygen atoms in total. The van der Waals surface area contributed by atoms with E-state index < -0.39 is 0 Å². The minimum absolute atomic E-state index is 0.201. The fraction of sp³-hybridized carbons (Fsp3) is 0.312. The first-order valence-electron chi connectivity index (χ1n) is 6.56. The quantitative estimate of drug-likeness (QED) is 0.883. The molecule has 0 fully saturated rings. The van der Waals surface area contributed by atoms with Crippen LogP contribution in [0.15, 0.2) is 42.6 Å². The smallest absolute Gasteiger partial charge is 0.120 e. The standard InChI is InChI=1S/C16H20N2O/c1-12(2)19-15-7-8-16(13(3)10-15)18-11-14-6-4-5-9-17-14/h4-10,12,18H,11H2,1-3H3. The van der Waals surface area contributed by atoms with E-state index in [1.807, 2.05) is 44.3 Å². The highest BCUT2D eigenvalue weighted by atomic mass is 16.5. The number of hydrogen-bond acceptors (Lipinski definition) is 3. The lowest BCUT2D eigenvalue weighted by Crippen LogP contribution is -2.06. The summed E-state index contributed by atoms with van der Waals surface area (Å²) >= 11 is 0. The Hall–Kier alpha value is -2.03. The highest BCUT2D eigenvalue weighted by molar-refractivity contribution is 5.53. The normalized spacial score (nSPS) is 10.5. The number of hydrogen-bond donors (Lipinski definition) is 1. The number of ether oxygens (including phenoxy) is 1. The van der Waals surface area contributed by atoms with E-state index in [2.05, 4.69) is 29.4 Å². The summed E-state index contributed by atoms with van der Waals surface area (Å²) in [5, 5.41) is 3.39. The van der Waals surface area contributed by atoms with E-state index in [1.54, 1.807) is 0 Å². The van der Waals surface area contributed by atoms with Gasteiger partial charge >= 0.3 is 0 Å². The van der Waals surface area contributed by atoms with Gasteiger partial charge in [0.2, 0.25) is 0 Å². The molecule has 1 aromatic carbocycles. The monoisotopic (exact) mass is 256 g/mol. The van der Waals surface area contributed by atoms with Crippen molar-refractivity contribution >= 4 is 5.69 Å². The van der Waals surface area contributed by atoms with E-state index in [4.69, 9.17) is 4.74 Å². The Kier molecular flexibility index (Phi) is 4.39. The molecule has 0 unspecified atom stereocenters.